The van der Waals surface area contributed by atoms with Crippen LogP contribution in [0.25, 0.3) is 0 Å². The van der Waals surface area contributed by atoms with Crippen LogP contribution in [0.1, 0.15) is 21.5 Å². The highest BCUT2D eigenvalue weighted by molar-refractivity contribution is 6.04. The lowest BCUT2D eigenvalue weighted by Gasteiger charge is -2.37. The summed E-state index contributed by atoms with van der Waals surface area (Å²) in [7, 11) is 1.57. The van der Waals surface area contributed by atoms with E-state index in [1.165, 1.54) is 23.1 Å². The van der Waals surface area contributed by atoms with E-state index in [9.17, 15) is 18.0 Å². The Morgan fingerprint density at radius 3 is 2.40 bits per heavy atom. The van der Waals surface area contributed by atoms with Crippen molar-refractivity contribution in [2.24, 2.45) is 4.99 Å². The van der Waals surface area contributed by atoms with E-state index in [0.717, 1.165) is 11.6 Å². The molecule has 1 fully saturated rings. The van der Waals surface area contributed by atoms with E-state index in [-0.39, 0.29) is 18.7 Å². The maximum absolute atomic E-state index is 13.4. The Kier molecular flexibility index (Phi) is 5.84. The number of hydrogen-bond donors (Lipinski definition) is 0. The van der Waals surface area contributed by atoms with Crippen molar-refractivity contribution in [1.82, 2.24) is 9.80 Å². The molecule has 35 heavy (non-hydrogen) atoms. The number of ether oxygens (including phenoxy) is 2. The van der Waals surface area contributed by atoms with Crippen molar-refractivity contribution in [3.05, 3.63) is 83.4 Å². The number of amides is 1. The molecule has 9 heteroatoms. The molecular weight excluding hydrogens is 459 g/mol. The number of carbonyl (C=O) groups is 1. The lowest BCUT2D eigenvalue weighted by molar-refractivity contribution is -0.138. The zero-order chi connectivity index (χ0) is 24.6. The minimum Gasteiger partial charge on any atom is -0.493 e. The number of aliphatic imine (C=N–C) groups is 1. The summed E-state index contributed by atoms with van der Waals surface area (Å²) in [5.74, 6) is 1.72. The second-order valence-corrected chi connectivity index (χ2v) is 8.16. The summed E-state index contributed by atoms with van der Waals surface area (Å²) in [5.41, 5.74) is 0.133. The fraction of sp³-hybridized carbons (Fsp3) is 0.231. The molecule has 0 N–H and O–H groups in total. The number of nitrogens with zero attached hydrogens (tertiary/aromatic N) is 3. The van der Waals surface area contributed by atoms with Gasteiger partial charge < -0.3 is 19.3 Å². The van der Waals surface area contributed by atoms with Gasteiger partial charge in [0.1, 0.15) is 11.5 Å². The van der Waals surface area contributed by atoms with Crippen LogP contribution in [0.15, 0.2) is 71.7 Å². The van der Waals surface area contributed by atoms with Crippen molar-refractivity contribution in [2.45, 2.75) is 6.18 Å². The second-order valence-electron chi connectivity index (χ2n) is 8.16. The van der Waals surface area contributed by atoms with E-state index in [2.05, 4.69) is 0 Å². The van der Waals surface area contributed by atoms with Gasteiger partial charge in [0.25, 0.3) is 5.91 Å². The molecule has 0 spiro atoms. The molecule has 0 aliphatic carbocycles. The fourth-order valence-corrected chi connectivity index (χ4v) is 4.33. The van der Waals surface area contributed by atoms with Crippen LogP contribution in [-0.4, -0.2) is 54.8 Å². The highest BCUT2D eigenvalue weighted by Crippen LogP contribution is 2.42. The summed E-state index contributed by atoms with van der Waals surface area (Å²) in [6, 6.07) is 17.8. The van der Waals surface area contributed by atoms with E-state index in [1.54, 1.807) is 13.2 Å². The van der Waals surface area contributed by atoms with Gasteiger partial charge in [-0.2, -0.15) is 13.2 Å². The van der Waals surface area contributed by atoms with Crippen LogP contribution in [0.5, 0.6) is 17.2 Å². The van der Waals surface area contributed by atoms with Crippen LogP contribution in [-0.2, 0) is 6.18 Å². The zero-order valence-electron chi connectivity index (χ0n) is 18.9. The van der Waals surface area contributed by atoms with Crippen LogP contribution in [0.4, 0.5) is 18.9 Å². The molecule has 2 aliphatic heterocycles. The number of carbonyl (C=O) groups excluding carboxylic acids is 1. The summed E-state index contributed by atoms with van der Waals surface area (Å²) in [6.07, 6.45) is -4.60. The highest BCUT2D eigenvalue weighted by Gasteiger charge is 2.37. The van der Waals surface area contributed by atoms with Gasteiger partial charge >= 0.3 is 6.18 Å². The Morgan fingerprint density at radius 2 is 1.66 bits per heavy atom. The molecule has 1 amide bonds. The van der Waals surface area contributed by atoms with E-state index >= 15 is 0 Å². The molecule has 0 aromatic heterocycles. The Morgan fingerprint density at radius 1 is 0.943 bits per heavy atom. The number of fused-ring (bicyclic) bond motifs is 2. The molecule has 0 radical (unpaired) electrons. The first kappa shape index (κ1) is 22.8. The Balaban J connectivity index is 1.43. The van der Waals surface area contributed by atoms with Crippen LogP contribution in [0.3, 0.4) is 0 Å². The molecule has 0 bridgehead atoms. The van der Waals surface area contributed by atoms with Gasteiger partial charge in [0.15, 0.2) is 17.2 Å². The van der Waals surface area contributed by atoms with Gasteiger partial charge in [-0.25, -0.2) is 4.99 Å². The van der Waals surface area contributed by atoms with E-state index in [0.29, 0.717) is 41.9 Å². The van der Waals surface area contributed by atoms with Crippen LogP contribution < -0.4 is 9.47 Å². The molecule has 1 saturated heterocycles. The van der Waals surface area contributed by atoms with Crippen LogP contribution in [0, 0.1) is 0 Å². The van der Waals surface area contributed by atoms with E-state index in [4.69, 9.17) is 14.5 Å². The molecule has 0 unspecified atom stereocenters. The number of rotatable bonds is 2. The monoisotopic (exact) mass is 481 g/mol. The lowest BCUT2D eigenvalue weighted by Crippen LogP contribution is -2.51. The van der Waals surface area contributed by atoms with Crippen molar-refractivity contribution in [2.75, 3.05) is 33.3 Å². The van der Waals surface area contributed by atoms with Crippen molar-refractivity contribution < 1.29 is 27.4 Å². The van der Waals surface area contributed by atoms with Crippen LogP contribution in [0.2, 0.25) is 0 Å². The van der Waals surface area contributed by atoms with Gasteiger partial charge in [0, 0.05) is 26.2 Å². The van der Waals surface area contributed by atoms with E-state index < -0.39 is 17.6 Å². The largest absolute Gasteiger partial charge is 0.493 e. The second kappa shape index (κ2) is 8.98. The number of piperazine rings is 1. The number of hydrogen-bond acceptors (Lipinski definition) is 5. The maximum Gasteiger partial charge on any atom is 0.417 e. The van der Waals surface area contributed by atoms with Gasteiger partial charge in [0.2, 0.25) is 0 Å². The average molecular weight is 481 g/mol. The van der Waals surface area contributed by atoms with Gasteiger partial charge in [-0.05, 0) is 36.4 Å². The predicted octanol–water partition coefficient (Wildman–Crippen LogP) is 5.36. The standard InChI is InChI=1S/C26H22F3N3O3/c1-34-22-12-6-8-18-23(22)35-21-11-5-4-10-20(21)30-24(18)31-13-15-32(16-14-31)25(33)17-7-2-3-9-19(17)26(27,28)29/h2-12H,13-16H2,1H3. The fourth-order valence-electron chi connectivity index (χ4n) is 4.33. The van der Waals surface area contributed by atoms with Crippen molar-refractivity contribution >= 4 is 17.4 Å². The molecular formula is C26H22F3N3O3. The first-order valence-corrected chi connectivity index (χ1v) is 11.1. The molecule has 0 saturated carbocycles. The number of alkyl halides is 3. The van der Waals surface area contributed by atoms with Crippen molar-refractivity contribution in [1.29, 1.82) is 0 Å². The number of halogens is 3. The smallest absolute Gasteiger partial charge is 0.417 e. The first-order valence-electron chi connectivity index (χ1n) is 11.1. The van der Waals surface area contributed by atoms with Gasteiger partial charge in [-0.3, -0.25) is 4.79 Å². The summed E-state index contributed by atoms with van der Waals surface area (Å²) < 4.78 is 52.0. The summed E-state index contributed by atoms with van der Waals surface area (Å²) in [5, 5.41) is 0. The van der Waals surface area contributed by atoms with Crippen molar-refractivity contribution in [3.8, 4) is 17.2 Å². The summed E-state index contributed by atoms with van der Waals surface area (Å²) in [4.78, 5) is 21.3. The normalized spacial score (nSPS) is 15.4. The molecule has 0 atom stereocenters. The number of amidine groups is 1. The minimum absolute atomic E-state index is 0.256. The molecule has 2 heterocycles. The van der Waals surface area contributed by atoms with Gasteiger partial charge in [-0.1, -0.05) is 30.3 Å². The Bertz CT molecular complexity index is 1300. The quantitative estimate of drug-likeness (QED) is 0.495. The van der Waals surface area contributed by atoms with Gasteiger partial charge in [-0.15, -0.1) is 0 Å². The van der Waals surface area contributed by atoms with E-state index in [1.807, 2.05) is 41.3 Å². The topological polar surface area (TPSA) is 54.4 Å². The van der Waals surface area contributed by atoms with Crippen molar-refractivity contribution in [3.63, 3.8) is 0 Å². The zero-order valence-corrected chi connectivity index (χ0v) is 18.9. The molecule has 6 nitrogen and oxygen atoms in total. The summed E-state index contributed by atoms with van der Waals surface area (Å²) >= 11 is 0. The molecule has 3 aromatic rings. The molecule has 2 aliphatic rings. The first-order chi connectivity index (χ1) is 16.9. The van der Waals surface area contributed by atoms with Gasteiger partial charge in [0.05, 0.1) is 23.8 Å². The Hall–Kier alpha value is -4.01. The number of benzene rings is 3. The number of para-hydroxylation sites is 3. The highest BCUT2D eigenvalue weighted by atomic mass is 19.4. The summed E-state index contributed by atoms with van der Waals surface area (Å²) in [6.45, 7) is 1.31. The third-order valence-electron chi connectivity index (χ3n) is 6.07. The molecule has 180 valence electrons. The van der Waals surface area contributed by atoms with Crippen LogP contribution >= 0.6 is 0 Å². The average Bonchev–Trinajstić information content (AvgIpc) is 3.04. The number of methoxy groups -OCH3 is 1. The minimum atomic E-state index is -4.60. The lowest BCUT2D eigenvalue weighted by atomic mass is 10.1. The molecule has 5 rings (SSSR count). The third-order valence-corrected chi connectivity index (χ3v) is 6.07. The predicted molar refractivity (Wildman–Crippen MR) is 125 cm³/mol. The Labute approximate surface area is 200 Å². The maximum atomic E-state index is 13.4. The molecule has 3 aromatic carbocycles. The third kappa shape index (κ3) is 4.29. The SMILES string of the molecule is COc1cccc2c1Oc1ccccc1N=C2N1CCN(C(=O)c2ccccc2C(F)(F)F)CC1.